The average Bonchev–Trinajstić information content (AvgIpc) is 2.78. The summed E-state index contributed by atoms with van der Waals surface area (Å²) in [6.45, 7) is 3.87. The van der Waals surface area contributed by atoms with Crippen LogP contribution in [0.5, 0.6) is 0 Å². The van der Waals surface area contributed by atoms with E-state index in [0.717, 1.165) is 22.5 Å². The number of hydrogen-bond donors (Lipinski definition) is 2. The minimum Gasteiger partial charge on any atom is -0.282 e. The highest BCUT2D eigenvalue weighted by atomic mass is 35.5. The van der Waals surface area contributed by atoms with Gasteiger partial charge in [0.25, 0.3) is 0 Å². The van der Waals surface area contributed by atoms with Crippen LogP contribution in [0.4, 0.5) is 0 Å². The van der Waals surface area contributed by atoms with Crippen molar-refractivity contribution in [3.8, 4) is 0 Å². The van der Waals surface area contributed by atoms with Crippen LogP contribution >= 0.6 is 11.6 Å². The molecule has 110 valence electrons. The molecule has 2 rings (SSSR count). The third kappa shape index (κ3) is 4.16. The second kappa shape index (κ2) is 7.04. The van der Waals surface area contributed by atoms with Gasteiger partial charge in [-0.1, -0.05) is 29.8 Å². The molecule has 0 aliphatic rings. The number of halogens is 1. The van der Waals surface area contributed by atoms with Crippen LogP contribution in [-0.4, -0.2) is 22.3 Å². The molecule has 1 aromatic heterocycles. The Hall–Kier alpha value is -2.14. The van der Waals surface area contributed by atoms with Gasteiger partial charge in [-0.15, -0.1) is 0 Å². The zero-order valence-electron chi connectivity index (χ0n) is 12.0. The normalized spacial score (nSPS) is 11.0. The first kappa shape index (κ1) is 15.3. The topological polar surface area (TPSA) is 70.1 Å². The number of nitrogens with zero attached hydrogens (tertiary/aromatic N) is 2. The van der Waals surface area contributed by atoms with Crippen LogP contribution in [0.3, 0.4) is 0 Å². The molecule has 0 bridgehead atoms. The van der Waals surface area contributed by atoms with Crippen LogP contribution in [0.25, 0.3) is 0 Å². The largest absolute Gasteiger partial charge is 0.282 e. The quantitative estimate of drug-likeness (QED) is 0.658. The van der Waals surface area contributed by atoms with Crippen molar-refractivity contribution in [3.63, 3.8) is 0 Å². The number of hydrazone groups is 1. The Bertz CT molecular complexity index is 644. The van der Waals surface area contributed by atoms with E-state index >= 15 is 0 Å². The van der Waals surface area contributed by atoms with Crippen LogP contribution in [-0.2, 0) is 11.2 Å². The Morgan fingerprint density at radius 3 is 2.86 bits per heavy atom. The molecule has 2 N–H and O–H groups in total. The van der Waals surface area contributed by atoms with Gasteiger partial charge in [-0.05, 0) is 31.9 Å². The first-order valence-corrected chi connectivity index (χ1v) is 7.02. The molecule has 21 heavy (non-hydrogen) atoms. The van der Waals surface area contributed by atoms with Crippen LogP contribution in [0.15, 0.2) is 29.4 Å². The summed E-state index contributed by atoms with van der Waals surface area (Å²) in [5, 5.41) is 11.5. The highest BCUT2D eigenvalue weighted by molar-refractivity contribution is 6.33. The molecule has 0 atom stereocenters. The van der Waals surface area contributed by atoms with E-state index in [1.165, 1.54) is 6.21 Å². The molecule has 0 saturated heterocycles. The molecule has 1 aromatic carbocycles. The Morgan fingerprint density at radius 2 is 2.19 bits per heavy atom. The molecule has 5 nitrogen and oxygen atoms in total. The van der Waals surface area contributed by atoms with Crippen molar-refractivity contribution >= 4 is 23.7 Å². The van der Waals surface area contributed by atoms with Gasteiger partial charge < -0.3 is 0 Å². The summed E-state index contributed by atoms with van der Waals surface area (Å²) in [7, 11) is 0. The number of rotatable bonds is 5. The van der Waals surface area contributed by atoms with E-state index in [9.17, 15) is 4.79 Å². The van der Waals surface area contributed by atoms with E-state index in [2.05, 4.69) is 20.7 Å². The lowest BCUT2D eigenvalue weighted by Crippen LogP contribution is -2.18. The maximum atomic E-state index is 11.7. The van der Waals surface area contributed by atoms with E-state index in [4.69, 9.17) is 11.6 Å². The number of benzene rings is 1. The summed E-state index contributed by atoms with van der Waals surface area (Å²) in [6.07, 6.45) is 2.54. The highest BCUT2D eigenvalue weighted by Crippen LogP contribution is 2.12. The van der Waals surface area contributed by atoms with Gasteiger partial charge in [0.15, 0.2) is 0 Å². The fourth-order valence-corrected chi connectivity index (χ4v) is 2.17. The molecule has 0 unspecified atom stereocenters. The van der Waals surface area contributed by atoms with Crippen molar-refractivity contribution in [2.45, 2.75) is 26.7 Å². The number of carbonyl (C=O) groups is 1. The first-order valence-electron chi connectivity index (χ1n) is 6.65. The van der Waals surface area contributed by atoms with Gasteiger partial charge in [0.2, 0.25) is 5.91 Å². The summed E-state index contributed by atoms with van der Waals surface area (Å²) in [5.74, 6) is -0.140. The smallest absolute Gasteiger partial charge is 0.240 e. The number of aryl methyl sites for hydroxylation is 2. The number of carbonyl (C=O) groups excluding carboxylic acids is 1. The molecule has 1 heterocycles. The number of amides is 1. The van der Waals surface area contributed by atoms with Crippen molar-refractivity contribution in [1.82, 2.24) is 15.6 Å². The lowest BCUT2D eigenvalue weighted by atomic mass is 10.1. The van der Waals surface area contributed by atoms with Crippen molar-refractivity contribution < 1.29 is 4.79 Å². The monoisotopic (exact) mass is 304 g/mol. The van der Waals surface area contributed by atoms with Crippen LogP contribution in [0.2, 0.25) is 5.02 Å². The molecule has 0 aliphatic heterocycles. The zero-order valence-corrected chi connectivity index (χ0v) is 12.7. The summed E-state index contributed by atoms with van der Waals surface area (Å²) in [4.78, 5) is 11.7. The van der Waals surface area contributed by atoms with Gasteiger partial charge in [-0.3, -0.25) is 9.89 Å². The van der Waals surface area contributed by atoms with Crippen molar-refractivity contribution in [2.75, 3.05) is 0 Å². The van der Waals surface area contributed by atoms with Gasteiger partial charge in [-0.25, -0.2) is 5.43 Å². The van der Waals surface area contributed by atoms with E-state index in [-0.39, 0.29) is 5.91 Å². The summed E-state index contributed by atoms with van der Waals surface area (Å²) < 4.78 is 0. The van der Waals surface area contributed by atoms with E-state index in [0.29, 0.717) is 17.9 Å². The molecule has 6 heteroatoms. The number of hydrogen-bond acceptors (Lipinski definition) is 3. The maximum absolute atomic E-state index is 11.7. The second-order valence-corrected chi connectivity index (χ2v) is 5.13. The van der Waals surface area contributed by atoms with Gasteiger partial charge in [-0.2, -0.15) is 10.2 Å². The molecule has 0 spiro atoms. The van der Waals surface area contributed by atoms with Crippen LogP contribution in [0, 0.1) is 13.8 Å². The lowest BCUT2D eigenvalue weighted by Gasteiger charge is -2.01. The van der Waals surface area contributed by atoms with Crippen LogP contribution < -0.4 is 5.43 Å². The number of H-pyrrole nitrogens is 1. The minimum absolute atomic E-state index is 0.140. The van der Waals surface area contributed by atoms with E-state index in [1.54, 1.807) is 6.07 Å². The zero-order chi connectivity index (χ0) is 15.2. The van der Waals surface area contributed by atoms with E-state index in [1.807, 2.05) is 32.0 Å². The molecule has 0 saturated carbocycles. The third-order valence-corrected chi connectivity index (χ3v) is 3.53. The van der Waals surface area contributed by atoms with Crippen molar-refractivity contribution in [1.29, 1.82) is 0 Å². The SMILES string of the molecule is Cc1n[nH]c(C)c1CCC(=O)NN=Cc1ccccc1Cl. The molecular formula is C15H17ClN4O. The van der Waals surface area contributed by atoms with Crippen LogP contribution in [0.1, 0.15) is 28.9 Å². The maximum Gasteiger partial charge on any atom is 0.240 e. The first-order chi connectivity index (χ1) is 10.1. The Morgan fingerprint density at radius 1 is 1.43 bits per heavy atom. The number of nitrogens with one attached hydrogen (secondary N) is 2. The predicted octanol–water partition coefficient (Wildman–Crippen LogP) is 2.76. The van der Waals surface area contributed by atoms with Gasteiger partial charge in [0, 0.05) is 22.7 Å². The average molecular weight is 305 g/mol. The standard InChI is InChI=1S/C15H17ClN4O/c1-10-13(11(2)19-18-10)7-8-15(21)20-17-9-12-5-3-4-6-14(12)16/h3-6,9H,7-8H2,1-2H3,(H,18,19)(H,20,21). The Balaban J connectivity index is 1.84. The summed E-state index contributed by atoms with van der Waals surface area (Å²) in [6, 6.07) is 7.30. The molecular weight excluding hydrogens is 288 g/mol. The highest BCUT2D eigenvalue weighted by Gasteiger charge is 2.08. The van der Waals surface area contributed by atoms with Gasteiger partial charge in [0.05, 0.1) is 11.9 Å². The van der Waals surface area contributed by atoms with Gasteiger partial charge >= 0.3 is 0 Å². The van der Waals surface area contributed by atoms with Crippen molar-refractivity contribution in [2.24, 2.45) is 5.10 Å². The lowest BCUT2D eigenvalue weighted by molar-refractivity contribution is -0.121. The summed E-state index contributed by atoms with van der Waals surface area (Å²) >= 11 is 5.99. The fraction of sp³-hybridized carbons (Fsp3) is 0.267. The Kier molecular flexibility index (Phi) is 5.11. The molecule has 1 amide bonds. The number of aromatic amines is 1. The molecule has 0 radical (unpaired) electrons. The number of aromatic nitrogens is 2. The fourth-order valence-electron chi connectivity index (χ4n) is 1.99. The van der Waals surface area contributed by atoms with E-state index < -0.39 is 0 Å². The molecule has 0 aliphatic carbocycles. The molecule has 2 aromatic rings. The molecule has 0 fully saturated rings. The Labute approximate surface area is 128 Å². The minimum atomic E-state index is -0.140. The van der Waals surface area contributed by atoms with Gasteiger partial charge in [0.1, 0.15) is 0 Å². The second-order valence-electron chi connectivity index (χ2n) is 4.73. The predicted molar refractivity (Wildman–Crippen MR) is 83.6 cm³/mol. The van der Waals surface area contributed by atoms with Crippen molar-refractivity contribution in [3.05, 3.63) is 51.8 Å². The third-order valence-electron chi connectivity index (χ3n) is 3.18. The summed E-state index contributed by atoms with van der Waals surface area (Å²) in [5.41, 5.74) is 6.28.